The minimum atomic E-state index is -4.67. The lowest BCUT2D eigenvalue weighted by molar-refractivity contribution is -0.159. The second-order valence-corrected chi connectivity index (χ2v) is 5.01. The van der Waals surface area contributed by atoms with Crippen molar-refractivity contribution in [3.8, 4) is 11.4 Å². The number of halogens is 3. The third kappa shape index (κ3) is 3.25. The van der Waals surface area contributed by atoms with Gasteiger partial charge in [-0.1, -0.05) is 17.3 Å². The van der Waals surface area contributed by atoms with Gasteiger partial charge in [-0.05, 0) is 30.0 Å². The van der Waals surface area contributed by atoms with Crippen molar-refractivity contribution in [2.45, 2.75) is 16.2 Å². The summed E-state index contributed by atoms with van der Waals surface area (Å²) >= 11 is 1.22. The van der Waals surface area contributed by atoms with Gasteiger partial charge in [0.1, 0.15) is 0 Å². The standard InChI is InChI=1S/C13H6F3N4OS/c14-13(15,16)11-19-10(20-21-11)8-3-1-4-9(7-8)22-12-17-5-2-6-18-12/h1-3,5-7H. The summed E-state index contributed by atoms with van der Waals surface area (Å²) in [4.78, 5) is 12.1. The van der Waals surface area contributed by atoms with Crippen molar-refractivity contribution < 1.29 is 17.7 Å². The molecule has 9 heteroatoms. The maximum Gasteiger partial charge on any atom is 0.471 e. The zero-order valence-corrected chi connectivity index (χ0v) is 11.5. The van der Waals surface area contributed by atoms with E-state index in [4.69, 9.17) is 0 Å². The van der Waals surface area contributed by atoms with Gasteiger partial charge in [-0.25, -0.2) is 9.97 Å². The van der Waals surface area contributed by atoms with Crippen molar-refractivity contribution in [2.75, 3.05) is 0 Å². The van der Waals surface area contributed by atoms with Gasteiger partial charge in [-0.2, -0.15) is 18.2 Å². The smallest absolute Gasteiger partial charge is 0.329 e. The molecule has 1 radical (unpaired) electrons. The second kappa shape index (κ2) is 5.76. The number of hydrogen-bond acceptors (Lipinski definition) is 6. The molecule has 0 aliphatic heterocycles. The molecule has 0 amide bonds. The van der Waals surface area contributed by atoms with Crippen LogP contribution in [0.3, 0.4) is 0 Å². The van der Waals surface area contributed by atoms with Crippen LogP contribution in [-0.4, -0.2) is 20.1 Å². The van der Waals surface area contributed by atoms with E-state index in [-0.39, 0.29) is 5.82 Å². The lowest BCUT2D eigenvalue weighted by Gasteiger charge is -2.00. The summed E-state index contributed by atoms with van der Waals surface area (Å²) in [5, 5.41) is 3.84. The van der Waals surface area contributed by atoms with Crippen LogP contribution in [0.1, 0.15) is 5.89 Å². The van der Waals surface area contributed by atoms with E-state index in [9.17, 15) is 13.2 Å². The molecule has 0 aliphatic carbocycles. The van der Waals surface area contributed by atoms with E-state index in [1.165, 1.54) is 11.8 Å². The molecule has 0 bridgehead atoms. The average Bonchev–Trinajstić information content (AvgIpc) is 2.99. The van der Waals surface area contributed by atoms with Crippen LogP contribution in [0.2, 0.25) is 0 Å². The molecule has 0 aliphatic rings. The number of benzene rings is 1. The van der Waals surface area contributed by atoms with E-state index in [1.807, 2.05) is 0 Å². The van der Waals surface area contributed by atoms with Crippen LogP contribution in [-0.2, 0) is 6.18 Å². The molecule has 3 aromatic rings. The predicted molar refractivity (Wildman–Crippen MR) is 69.7 cm³/mol. The van der Waals surface area contributed by atoms with Gasteiger partial charge in [0, 0.05) is 22.9 Å². The molecule has 0 spiro atoms. The Morgan fingerprint density at radius 1 is 1.18 bits per heavy atom. The summed E-state index contributed by atoms with van der Waals surface area (Å²) in [5.41, 5.74) is 0.386. The summed E-state index contributed by atoms with van der Waals surface area (Å²) in [6.07, 6.45) is -1.48. The highest BCUT2D eigenvalue weighted by molar-refractivity contribution is 7.99. The average molecular weight is 323 g/mol. The van der Waals surface area contributed by atoms with Gasteiger partial charge in [0.05, 0.1) is 0 Å². The third-order valence-electron chi connectivity index (χ3n) is 2.45. The predicted octanol–water partition coefficient (Wildman–Crippen LogP) is 3.50. The normalized spacial score (nSPS) is 11.6. The van der Waals surface area contributed by atoms with Crippen molar-refractivity contribution in [1.29, 1.82) is 0 Å². The number of rotatable bonds is 3. The lowest BCUT2D eigenvalue weighted by Crippen LogP contribution is -2.04. The van der Waals surface area contributed by atoms with Crippen LogP contribution in [0.5, 0.6) is 0 Å². The zero-order valence-electron chi connectivity index (χ0n) is 10.7. The topological polar surface area (TPSA) is 64.7 Å². The van der Waals surface area contributed by atoms with E-state index >= 15 is 0 Å². The highest BCUT2D eigenvalue weighted by Crippen LogP contribution is 2.31. The molecule has 0 saturated carbocycles. The van der Waals surface area contributed by atoms with Gasteiger partial charge in [0.2, 0.25) is 5.82 Å². The van der Waals surface area contributed by atoms with E-state index in [2.05, 4.69) is 30.7 Å². The van der Waals surface area contributed by atoms with Crippen LogP contribution in [0.4, 0.5) is 13.2 Å². The van der Waals surface area contributed by atoms with Gasteiger partial charge in [-0.15, -0.1) is 0 Å². The quantitative estimate of drug-likeness (QED) is 0.687. The maximum atomic E-state index is 12.5. The van der Waals surface area contributed by atoms with Crippen molar-refractivity contribution in [1.82, 2.24) is 20.1 Å². The van der Waals surface area contributed by atoms with Gasteiger partial charge >= 0.3 is 12.1 Å². The number of hydrogen-bond donors (Lipinski definition) is 0. The minimum absolute atomic E-state index is 0.142. The monoisotopic (exact) mass is 323 g/mol. The largest absolute Gasteiger partial charge is 0.471 e. The van der Waals surface area contributed by atoms with Gasteiger partial charge in [0.15, 0.2) is 5.16 Å². The van der Waals surface area contributed by atoms with Crippen LogP contribution >= 0.6 is 11.8 Å². The number of alkyl halides is 3. The van der Waals surface area contributed by atoms with Crippen molar-refractivity contribution in [3.05, 3.63) is 48.6 Å². The molecule has 2 aromatic heterocycles. The third-order valence-corrected chi connectivity index (χ3v) is 3.29. The van der Waals surface area contributed by atoms with Crippen LogP contribution < -0.4 is 0 Å². The van der Waals surface area contributed by atoms with Gasteiger partial charge in [-0.3, -0.25) is 0 Å². The molecule has 1 aromatic carbocycles. The Bertz CT molecular complexity index is 776. The number of nitrogens with zero attached hydrogens (tertiary/aromatic N) is 4. The summed E-state index contributed by atoms with van der Waals surface area (Å²) in [6.45, 7) is 0. The second-order valence-electron chi connectivity index (χ2n) is 4.00. The van der Waals surface area contributed by atoms with Gasteiger partial charge < -0.3 is 4.52 Å². The van der Waals surface area contributed by atoms with E-state index < -0.39 is 12.1 Å². The number of aromatic nitrogens is 4. The van der Waals surface area contributed by atoms with Crippen LogP contribution in [0, 0.1) is 6.07 Å². The van der Waals surface area contributed by atoms with E-state index in [1.54, 1.807) is 36.7 Å². The molecular weight excluding hydrogens is 317 g/mol. The highest BCUT2D eigenvalue weighted by atomic mass is 32.2. The first-order valence-corrected chi connectivity index (χ1v) is 6.72. The Kier molecular flexibility index (Phi) is 3.80. The summed E-state index contributed by atoms with van der Waals surface area (Å²) in [6, 6.07) is 9.31. The fourth-order valence-electron chi connectivity index (χ4n) is 1.53. The van der Waals surface area contributed by atoms with Crippen LogP contribution in [0.15, 0.2) is 51.2 Å². The first-order valence-electron chi connectivity index (χ1n) is 5.90. The molecule has 22 heavy (non-hydrogen) atoms. The Morgan fingerprint density at radius 2 is 1.95 bits per heavy atom. The Labute approximate surface area is 126 Å². The summed E-state index contributed by atoms with van der Waals surface area (Å²) in [7, 11) is 0. The molecule has 5 nitrogen and oxygen atoms in total. The molecule has 0 atom stereocenters. The first-order chi connectivity index (χ1) is 10.5. The zero-order chi connectivity index (χ0) is 15.6. The molecule has 0 N–H and O–H groups in total. The van der Waals surface area contributed by atoms with Crippen LogP contribution in [0.25, 0.3) is 11.4 Å². The Balaban J connectivity index is 1.86. The lowest BCUT2D eigenvalue weighted by atomic mass is 10.2. The summed E-state index contributed by atoms with van der Waals surface area (Å²) in [5.74, 6) is -1.52. The van der Waals surface area contributed by atoms with Gasteiger partial charge in [0.25, 0.3) is 0 Å². The fourth-order valence-corrected chi connectivity index (χ4v) is 2.27. The molecular formula is C13H6F3N4OS. The molecule has 2 heterocycles. The van der Waals surface area contributed by atoms with E-state index in [0.717, 1.165) is 0 Å². The SMILES string of the molecule is FC(F)(F)c1nc(-c2cc[c]c(Sc3ncccn3)c2)no1. The molecule has 0 fully saturated rings. The van der Waals surface area contributed by atoms with Crippen molar-refractivity contribution >= 4 is 11.8 Å². The Hall–Kier alpha value is -2.42. The maximum absolute atomic E-state index is 12.5. The first kappa shape index (κ1) is 14.5. The summed E-state index contributed by atoms with van der Waals surface area (Å²) < 4.78 is 41.6. The fraction of sp³-hybridized carbons (Fsp3) is 0.0769. The van der Waals surface area contributed by atoms with Crippen molar-refractivity contribution in [2.24, 2.45) is 0 Å². The van der Waals surface area contributed by atoms with Crippen molar-refractivity contribution in [3.63, 3.8) is 0 Å². The highest BCUT2D eigenvalue weighted by Gasteiger charge is 2.38. The van der Waals surface area contributed by atoms with E-state index in [0.29, 0.717) is 15.6 Å². The minimum Gasteiger partial charge on any atom is -0.329 e. The molecule has 3 rings (SSSR count). The molecule has 0 unspecified atom stereocenters. The molecule has 0 saturated heterocycles. The Morgan fingerprint density at radius 3 is 2.64 bits per heavy atom. The molecule has 111 valence electrons.